The van der Waals surface area contributed by atoms with Gasteiger partial charge in [-0.05, 0) is 95.8 Å². The molecular formula is C34H40ClFN6O5. The van der Waals surface area contributed by atoms with Crippen molar-refractivity contribution in [3.63, 3.8) is 0 Å². The second kappa shape index (κ2) is 12.4. The van der Waals surface area contributed by atoms with E-state index in [-0.39, 0.29) is 52.0 Å². The fourth-order valence-corrected chi connectivity index (χ4v) is 6.74. The summed E-state index contributed by atoms with van der Waals surface area (Å²) in [5.41, 5.74) is 1.65. The van der Waals surface area contributed by atoms with Crippen molar-refractivity contribution >= 4 is 29.4 Å². The van der Waals surface area contributed by atoms with Gasteiger partial charge in [-0.15, -0.1) is 10.2 Å². The lowest BCUT2D eigenvalue weighted by Gasteiger charge is -2.58. The van der Waals surface area contributed by atoms with Crippen molar-refractivity contribution in [2.24, 2.45) is 5.41 Å². The van der Waals surface area contributed by atoms with E-state index in [1.165, 1.54) is 18.2 Å². The molecular weight excluding hydrogens is 627 g/mol. The molecule has 11 nitrogen and oxygen atoms in total. The van der Waals surface area contributed by atoms with E-state index in [0.29, 0.717) is 38.5 Å². The van der Waals surface area contributed by atoms with E-state index in [0.717, 1.165) is 29.7 Å². The lowest BCUT2D eigenvalue weighted by atomic mass is 9.61. The van der Waals surface area contributed by atoms with Gasteiger partial charge in [0.25, 0.3) is 11.8 Å². The number of nitrogens with zero attached hydrogens (tertiary/aromatic N) is 6. The lowest BCUT2D eigenvalue weighted by Crippen LogP contribution is -2.65. The Labute approximate surface area is 279 Å². The molecule has 2 amide bonds. The van der Waals surface area contributed by atoms with Crippen molar-refractivity contribution in [1.29, 1.82) is 0 Å². The molecule has 3 heterocycles. The van der Waals surface area contributed by atoms with Gasteiger partial charge in [-0.2, -0.15) is 4.98 Å². The van der Waals surface area contributed by atoms with Gasteiger partial charge in [-0.1, -0.05) is 12.1 Å². The predicted octanol–water partition coefficient (Wildman–Crippen LogP) is 6.63. The van der Waals surface area contributed by atoms with Gasteiger partial charge < -0.3 is 24.0 Å². The number of ether oxygens (including phenoxy) is 3. The van der Waals surface area contributed by atoms with Crippen LogP contribution in [0.4, 0.5) is 15.0 Å². The summed E-state index contributed by atoms with van der Waals surface area (Å²) in [6.07, 6.45) is 1.41. The van der Waals surface area contributed by atoms with Crippen molar-refractivity contribution in [1.82, 2.24) is 25.0 Å². The molecule has 3 aromatic rings. The molecule has 0 N–H and O–H groups in total. The number of rotatable bonds is 8. The SMILES string of the molecule is CCN(C(=O)c1cc(F)ccc1Oc1nnc(Cl)nc1N1CC2(CC(Oc3cccc4c3CN(C(=O)OC(C)(C)C)C4)C2)C1)C(C)C. The van der Waals surface area contributed by atoms with E-state index in [4.69, 9.17) is 25.8 Å². The number of benzene rings is 2. The van der Waals surface area contributed by atoms with Crippen LogP contribution in [0.1, 0.15) is 75.9 Å². The summed E-state index contributed by atoms with van der Waals surface area (Å²) < 4.78 is 32.4. The van der Waals surface area contributed by atoms with Crippen molar-refractivity contribution in [2.75, 3.05) is 24.5 Å². The van der Waals surface area contributed by atoms with Crippen LogP contribution in [0.5, 0.6) is 17.4 Å². The highest BCUT2D eigenvalue weighted by Gasteiger charge is 2.54. The average Bonchev–Trinajstić information content (AvgIpc) is 3.40. The summed E-state index contributed by atoms with van der Waals surface area (Å²) in [5.74, 6) is 0.548. The van der Waals surface area contributed by atoms with E-state index in [1.807, 2.05) is 64.6 Å². The van der Waals surface area contributed by atoms with Crippen LogP contribution in [0.3, 0.4) is 0 Å². The first-order valence-corrected chi connectivity index (χ1v) is 16.3. The fraction of sp³-hybridized carbons (Fsp3) is 0.500. The third-order valence-corrected chi connectivity index (χ3v) is 8.94. The van der Waals surface area contributed by atoms with E-state index in [2.05, 4.69) is 15.2 Å². The second-order valence-electron chi connectivity index (χ2n) is 13.9. The Hall–Kier alpha value is -4.19. The van der Waals surface area contributed by atoms with Crippen LogP contribution in [0.2, 0.25) is 5.28 Å². The Balaban J connectivity index is 1.11. The fourth-order valence-electron chi connectivity index (χ4n) is 6.62. The molecule has 13 heteroatoms. The number of carbonyl (C=O) groups excluding carboxylic acids is 2. The number of anilines is 1. The number of hydrogen-bond donors (Lipinski definition) is 0. The third kappa shape index (κ3) is 6.79. The van der Waals surface area contributed by atoms with Crippen LogP contribution in [-0.2, 0) is 17.8 Å². The molecule has 2 fully saturated rings. The van der Waals surface area contributed by atoms with Crippen molar-refractivity contribution < 1.29 is 28.2 Å². The molecule has 0 bridgehead atoms. The quantitative estimate of drug-likeness (QED) is 0.262. The van der Waals surface area contributed by atoms with Crippen LogP contribution in [-0.4, -0.2) is 74.4 Å². The van der Waals surface area contributed by atoms with Crippen molar-refractivity contribution in [2.45, 2.75) is 85.2 Å². The highest BCUT2D eigenvalue weighted by Crippen LogP contribution is 2.52. The third-order valence-electron chi connectivity index (χ3n) is 8.78. The molecule has 1 aliphatic carbocycles. The predicted molar refractivity (Wildman–Crippen MR) is 173 cm³/mol. The molecule has 6 rings (SSSR count). The molecule has 250 valence electrons. The Morgan fingerprint density at radius 3 is 2.53 bits per heavy atom. The molecule has 1 spiro atoms. The highest BCUT2D eigenvalue weighted by atomic mass is 35.5. The smallest absolute Gasteiger partial charge is 0.410 e. The topological polar surface area (TPSA) is 110 Å². The normalized spacial score (nSPS) is 16.9. The van der Waals surface area contributed by atoms with Gasteiger partial charge in [0.15, 0.2) is 5.82 Å². The van der Waals surface area contributed by atoms with E-state index < -0.39 is 11.4 Å². The number of amides is 2. The maximum absolute atomic E-state index is 14.3. The van der Waals surface area contributed by atoms with Gasteiger partial charge in [0.2, 0.25) is 5.28 Å². The molecule has 1 saturated heterocycles. The summed E-state index contributed by atoms with van der Waals surface area (Å²) in [7, 11) is 0. The number of fused-ring (bicyclic) bond motifs is 1. The number of halogens is 2. The average molecular weight is 667 g/mol. The Kier molecular flexibility index (Phi) is 8.67. The van der Waals surface area contributed by atoms with Gasteiger partial charge in [-0.3, -0.25) is 9.69 Å². The maximum Gasteiger partial charge on any atom is 0.410 e. The zero-order valence-electron chi connectivity index (χ0n) is 27.5. The van der Waals surface area contributed by atoms with Gasteiger partial charge in [-0.25, -0.2) is 9.18 Å². The highest BCUT2D eigenvalue weighted by molar-refractivity contribution is 6.28. The minimum absolute atomic E-state index is 0.0335. The van der Waals surface area contributed by atoms with E-state index >= 15 is 0 Å². The molecule has 1 saturated carbocycles. The minimum Gasteiger partial charge on any atom is -0.490 e. The molecule has 0 atom stereocenters. The molecule has 0 radical (unpaired) electrons. The summed E-state index contributed by atoms with van der Waals surface area (Å²) in [5, 5.41) is 7.98. The second-order valence-corrected chi connectivity index (χ2v) is 14.2. The Morgan fingerprint density at radius 2 is 1.85 bits per heavy atom. The number of carbonyl (C=O) groups is 2. The largest absolute Gasteiger partial charge is 0.490 e. The first-order chi connectivity index (χ1) is 22.2. The minimum atomic E-state index is -0.560. The van der Waals surface area contributed by atoms with Crippen LogP contribution in [0.15, 0.2) is 36.4 Å². The molecule has 2 aromatic carbocycles. The summed E-state index contributed by atoms with van der Waals surface area (Å²) >= 11 is 6.15. The van der Waals surface area contributed by atoms with Crippen molar-refractivity contribution in [3.8, 4) is 17.4 Å². The first-order valence-electron chi connectivity index (χ1n) is 15.9. The summed E-state index contributed by atoms with van der Waals surface area (Å²) in [6.45, 7) is 14.0. The van der Waals surface area contributed by atoms with Crippen LogP contribution < -0.4 is 14.4 Å². The van der Waals surface area contributed by atoms with Gasteiger partial charge in [0.05, 0.1) is 12.1 Å². The van der Waals surface area contributed by atoms with Gasteiger partial charge >= 0.3 is 6.09 Å². The summed E-state index contributed by atoms with van der Waals surface area (Å²) in [6, 6.07) is 9.68. The summed E-state index contributed by atoms with van der Waals surface area (Å²) in [4.78, 5) is 35.8. The molecule has 2 aliphatic heterocycles. The molecule has 1 aromatic heterocycles. The van der Waals surface area contributed by atoms with Gasteiger partial charge in [0, 0.05) is 43.2 Å². The monoisotopic (exact) mass is 666 g/mol. The number of hydrogen-bond acceptors (Lipinski definition) is 9. The van der Waals surface area contributed by atoms with E-state index in [1.54, 1.807) is 9.80 Å². The Morgan fingerprint density at radius 1 is 1.11 bits per heavy atom. The van der Waals surface area contributed by atoms with E-state index in [9.17, 15) is 14.0 Å². The molecule has 3 aliphatic rings. The zero-order valence-corrected chi connectivity index (χ0v) is 28.3. The molecule has 47 heavy (non-hydrogen) atoms. The van der Waals surface area contributed by atoms with Crippen LogP contribution in [0, 0.1) is 11.2 Å². The van der Waals surface area contributed by atoms with Gasteiger partial charge in [0.1, 0.15) is 29.0 Å². The Bertz CT molecular complexity index is 1680. The van der Waals surface area contributed by atoms with Crippen molar-refractivity contribution in [3.05, 3.63) is 64.2 Å². The molecule has 0 unspecified atom stereocenters. The van der Waals surface area contributed by atoms with Crippen LogP contribution >= 0.6 is 11.6 Å². The standard InChI is InChI=1S/C34H40ClFN6O5/c1-7-42(20(2)3)30(43)24-13-22(36)11-12-27(24)46-29-28(37-31(35)39-38-29)41-18-34(19-41)14-23(15-34)45-26-10-8-9-21-16-40(17-25(21)26)32(44)47-33(4,5)6/h8-13,20,23H,7,14-19H2,1-6H3. The maximum atomic E-state index is 14.3. The lowest BCUT2D eigenvalue weighted by molar-refractivity contribution is -0.0349. The zero-order chi connectivity index (χ0) is 33.7. The first kappa shape index (κ1) is 32.7. The number of aromatic nitrogens is 3. The van der Waals surface area contributed by atoms with Crippen LogP contribution in [0.25, 0.3) is 0 Å².